The van der Waals surface area contributed by atoms with E-state index in [1.54, 1.807) is 4.90 Å². The van der Waals surface area contributed by atoms with E-state index < -0.39 is 6.04 Å². The number of amides is 1. The molecule has 4 heteroatoms. The molecule has 0 aliphatic carbocycles. The standard InChI is InChI=1S/C14H24N2O2/c1-9(2)13(15)14(17)16(10(3)4)8-12-7-6-11(5)18-12/h6-7,9-10,13H,8,15H2,1-5H3. The monoisotopic (exact) mass is 252 g/mol. The number of nitrogens with zero attached hydrogens (tertiary/aromatic N) is 1. The van der Waals surface area contributed by atoms with E-state index in [-0.39, 0.29) is 17.9 Å². The number of hydrogen-bond donors (Lipinski definition) is 1. The van der Waals surface area contributed by atoms with Gasteiger partial charge in [-0.2, -0.15) is 0 Å². The Kier molecular flexibility index (Phi) is 4.96. The Morgan fingerprint density at radius 1 is 1.33 bits per heavy atom. The first-order valence-electron chi connectivity index (χ1n) is 6.44. The van der Waals surface area contributed by atoms with Crippen LogP contribution in [-0.4, -0.2) is 22.9 Å². The molecule has 4 nitrogen and oxygen atoms in total. The highest BCUT2D eigenvalue weighted by atomic mass is 16.3. The lowest BCUT2D eigenvalue weighted by molar-refractivity contribution is -0.136. The molecule has 102 valence electrons. The Hall–Kier alpha value is -1.29. The van der Waals surface area contributed by atoms with Crippen LogP contribution in [0.15, 0.2) is 16.5 Å². The van der Waals surface area contributed by atoms with Crippen LogP contribution in [-0.2, 0) is 11.3 Å². The third kappa shape index (κ3) is 3.60. The first-order chi connectivity index (χ1) is 8.32. The fraction of sp³-hybridized carbons (Fsp3) is 0.643. The normalized spacial score (nSPS) is 13.1. The van der Waals surface area contributed by atoms with Crippen molar-refractivity contribution in [3.63, 3.8) is 0 Å². The lowest BCUT2D eigenvalue weighted by Crippen LogP contribution is -2.48. The lowest BCUT2D eigenvalue weighted by Gasteiger charge is -2.29. The number of carbonyl (C=O) groups is 1. The fourth-order valence-electron chi connectivity index (χ4n) is 1.73. The van der Waals surface area contributed by atoms with Gasteiger partial charge in [0.1, 0.15) is 11.5 Å². The summed E-state index contributed by atoms with van der Waals surface area (Å²) >= 11 is 0. The number of rotatable bonds is 5. The minimum atomic E-state index is -0.455. The van der Waals surface area contributed by atoms with Crippen LogP contribution >= 0.6 is 0 Å². The summed E-state index contributed by atoms with van der Waals surface area (Å²) in [7, 11) is 0. The smallest absolute Gasteiger partial charge is 0.240 e. The van der Waals surface area contributed by atoms with Crippen LogP contribution in [0, 0.1) is 12.8 Å². The van der Waals surface area contributed by atoms with Crippen molar-refractivity contribution in [3.05, 3.63) is 23.7 Å². The van der Waals surface area contributed by atoms with Gasteiger partial charge >= 0.3 is 0 Å². The maximum atomic E-state index is 12.3. The minimum absolute atomic E-state index is 0.0194. The van der Waals surface area contributed by atoms with E-state index in [0.29, 0.717) is 6.54 Å². The van der Waals surface area contributed by atoms with Crippen molar-refractivity contribution >= 4 is 5.91 Å². The second-order valence-corrected chi connectivity index (χ2v) is 5.34. The molecule has 0 saturated carbocycles. The molecule has 0 saturated heterocycles. The van der Waals surface area contributed by atoms with Gasteiger partial charge < -0.3 is 15.1 Å². The molecule has 1 rings (SSSR count). The zero-order valence-electron chi connectivity index (χ0n) is 11.9. The van der Waals surface area contributed by atoms with Crippen molar-refractivity contribution in [2.45, 2.75) is 53.2 Å². The Morgan fingerprint density at radius 2 is 1.94 bits per heavy atom. The van der Waals surface area contributed by atoms with Gasteiger partial charge in [-0.15, -0.1) is 0 Å². The average Bonchev–Trinajstić information content (AvgIpc) is 2.69. The third-order valence-corrected chi connectivity index (χ3v) is 3.03. The van der Waals surface area contributed by atoms with Gasteiger partial charge in [0, 0.05) is 6.04 Å². The van der Waals surface area contributed by atoms with Gasteiger partial charge in [0.25, 0.3) is 0 Å². The van der Waals surface area contributed by atoms with Crippen LogP contribution in [0.25, 0.3) is 0 Å². The van der Waals surface area contributed by atoms with E-state index in [1.165, 1.54) is 0 Å². The van der Waals surface area contributed by atoms with Crippen LogP contribution in [0.5, 0.6) is 0 Å². The highest BCUT2D eigenvalue weighted by molar-refractivity contribution is 5.82. The molecule has 1 aromatic heterocycles. The van der Waals surface area contributed by atoms with Gasteiger partial charge in [-0.1, -0.05) is 13.8 Å². The van der Waals surface area contributed by atoms with E-state index in [0.717, 1.165) is 11.5 Å². The molecule has 1 heterocycles. The van der Waals surface area contributed by atoms with E-state index in [2.05, 4.69) is 0 Å². The molecule has 0 radical (unpaired) electrons. The molecule has 1 amide bonds. The number of nitrogens with two attached hydrogens (primary N) is 1. The first-order valence-corrected chi connectivity index (χ1v) is 6.44. The van der Waals surface area contributed by atoms with Gasteiger partial charge in [0.15, 0.2) is 0 Å². The maximum Gasteiger partial charge on any atom is 0.240 e. The number of furan rings is 1. The molecule has 1 unspecified atom stereocenters. The molecule has 0 aliphatic rings. The van der Waals surface area contributed by atoms with Crippen LogP contribution in [0.3, 0.4) is 0 Å². The van der Waals surface area contributed by atoms with Crippen molar-refractivity contribution in [1.82, 2.24) is 4.90 Å². The molecule has 0 spiro atoms. The Morgan fingerprint density at radius 3 is 2.33 bits per heavy atom. The van der Waals surface area contributed by atoms with Crippen molar-refractivity contribution in [1.29, 1.82) is 0 Å². The van der Waals surface area contributed by atoms with Gasteiger partial charge in [0.05, 0.1) is 12.6 Å². The lowest BCUT2D eigenvalue weighted by atomic mass is 10.0. The number of aryl methyl sites for hydroxylation is 1. The van der Waals surface area contributed by atoms with Gasteiger partial charge in [-0.3, -0.25) is 4.79 Å². The van der Waals surface area contributed by atoms with E-state index in [1.807, 2.05) is 46.8 Å². The Labute approximate surface area is 109 Å². The van der Waals surface area contributed by atoms with Crippen molar-refractivity contribution in [3.8, 4) is 0 Å². The zero-order valence-corrected chi connectivity index (χ0v) is 11.9. The number of carbonyl (C=O) groups excluding carboxylic acids is 1. The largest absolute Gasteiger partial charge is 0.464 e. The molecule has 1 atom stereocenters. The zero-order chi connectivity index (χ0) is 13.9. The second-order valence-electron chi connectivity index (χ2n) is 5.34. The van der Waals surface area contributed by atoms with Gasteiger partial charge in [0.2, 0.25) is 5.91 Å². The van der Waals surface area contributed by atoms with Crippen molar-refractivity contribution < 1.29 is 9.21 Å². The summed E-state index contributed by atoms with van der Waals surface area (Å²) in [5, 5.41) is 0. The van der Waals surface area contributed by atoms with Crippen LogP contribution in [0.1, 0.15) is 39.2 Å². The molecule has 0 fully saturated rings. The Balaban J connectivity index is 2.80. The van der Waals surface area contributed by atoms with E-state index in [4.69, 9.17) is 10.2 Å². The highest BCUT2D eigenvalue weighted by Crippen LogP contribution is 2.14. The fourth-order valence-corrected chi connectivity index (χ4v) is 1.73. The summed E-state index contributed by atoms with van der Waals surface area (Å²) in [6, 6.07) is 3.45. The summed E-state index contributed by atoms with van der Waals surface area (Å²) in [4.78, 5) is 14.1. The quantitative estimate of drug-likeness (QED) is 0.874. The van der Waals surface area contributed by atoms with Gasteiger partial charge in [-0.05, 0) is 38.8 Å². The van der Waals surface area contributed by atoms with Gasteiger partial charge in [-0.25, -0.2) is 0 Å². The summed E-state index contributed by atoms with van der Waals surface area (Å²) in [5.41, 5.74) is 5.94. The predicted molar refractivity (Wildman–Crippen MR) is 71.9 cm³/mol. The Bertz CT molecular complexity index is 396. The maximum absolute atomic E-state index is 12.3. The van der Waals surface area contributed by atoms with Crippen LogP contribution in [0.4, 0.5) is 0 Å². The summed E-state index contributed by atoms with van der Waals surface area (Å²) in [6.45, 7) is 10.3. The van der Waals surface area contributed by atoms with Crippen LogP contribution in [0.2, 0.25) is 0 Å². The molecule has 2 N–H and O–H groups in total. The summed E-state index contributed by atoms with van der Waals surface area (Å²) < 4.78 is 5.52. The third-order valence-electron chi connectivity index (χ3n) is 3.03. The predicted octanol–water partition coefficient (Wildman–Crippen LogP) is 2.31. The topological polar surface area (TPSA) is 59.5 Å². The molecule has 0 bridgehead atoms. The van der Waals surface area contributed by atoms with Crippen LogP contribution < -0.4 is 5.73 Å². The molecule has 1 aromatic rings. The van der Waals surface area contributed by atoms with E-state index in [9.17, 15) is 4.79 Å². The van der Waals surface area contributed by atoms with E-state index >= 15 is 0 Å². The highest BCUT2D eigenvalue weighted by Gasteiger charge is 2.26. The second kappa shape index (κ2) is 6.05. The average molecular weight is 252 g/mol. The molecular weight excluding hydrogens is 228 g/mol. The SMILES string of the molecule is Cc1ccc(CN(C(=O)C(N)C(C)C)C(C)C)o1. The minimum Gasteiger partial charge on any atom is -0.464 e. The molecule has 18 heavy (non-hydrogen) atoms. The van der Waals surface area contributed by atoms with Crippen molar-refractivity contribution in [2.75, 3.05) is 0 Å². The molecule has 0 aliphatic heterocycles. The summed E-state index contributed by atoms with van der Waals surface area (Å²) in [6.07, 6.45) is 0. The molecule has 0 aromatic carbocycles. The van der Waals surface area contributed by atoms with Crippen molar-refractivity contribution in [2.24, 2.45) is 11.7 Å². The summed E-state index contributed by atoms with van der Waals surface area (Å²) in [5.74, 6) is 1.77. The first kappa shape index (κ1) is 14.8. The molecular formula is C14H24N2O2. The number of hydrogen-bond acceptors (Lipinski definition) is 3.